The smallest absolute Gasteiger partial charge is 0.266 e. The van der Waals surface area contributed by atoms with Gasteiger partial charge in [-0.05, 0) is 36.2 Å². The minimum absolute atomic E-state index is 0.279. The minimum atomic E-state index is -0.300. The quantitative estimate of drug-likeness (QED) is 0.694. The molecule has 0 fully saturated rings. The lowest BCUT2D eigenvalue weighted by Gasteiger charge is -2.17. The summed E-state index contributed by atoms with van der Waals surface area (Å²) < 4.78 is 0. The van der Waals surface area contributed by atoms with Crippen molar-refractivity contribution in [1.82, 2.24) is 0 Å². The number of nitrogen functional groups attached to an aromatic ring is 1. The maximum Gasteiger partial charge on any atom is 0.266 e. The number of imide groups is 1. The fourth-order valence-electron chi connectivity index (χ4n) is 2.69. The van der Waals surface area contributed by atoms with E-state index >= 15 is 0 Å². The molecule has 0 radical (unpaired) electrons. The van der Waals surface area contributed by atoms with Gasteiger partial charge in [0.1, 0.15) is 0 Å². The average molecular weight is 280 g/mol. The highest BCUT2D eigenvalue weighted by molar-refractivity contribution is 6.34. The first-order valence-electron chi connectivity index (χ1n) is 6.99. The van der Waals surface area contributed by atoms with Gasteiger partial charge >= 0.3 is 0 Å². The predicted molar refractivity (Wildman–Crippen MR) is 82.4 cm³/mol. The lowest BCUT2D eigenvalue weighted by Crippen LogP contribution is -2.30. The fraction of sp³-hybridized carbons (Fsp3) is 0.176. The van der Waals surface area contributed by atoms with Crippen LogP contribution in [0.1, 0.15) is 39.6 Å². The number of anilines is 2. The number of benzene rings is 2. The highest BCUT2D eigenvalue weighted by atomic mass is 16.2. The standard InChI is InChI=1S/C17H16N2O2/c1-2-5-11-6-3-4-7-15(11)19-16(20)13-9-8-12(18)10-14(13)17(19)21/h3-4,6-10H,2,5,18H2,1H3. The Morgan fingerprint density at radius 3 is 2.48 bits per heavy atom. The van der Waals surface area contributed by atoms with Crippen molar-refractivity contribution in [2.45, 2.75) is 19.8 Å². The van der Waals surface area contributed by atoms with E-state index in [0.29, 0.717) is 22.5 Å². The molecule has 106 valence electrons. The third kappa shape index (κ3) is 2.09. The van der Waals surface area contributed by atoms with Gasteiger partial charge in [-0.2, -0.15) is 0 Å². The molecule has 1 aliphatic rings. The van der Waals surface area contributed by atoms with Gasteiger partial charge in [0.25, 0.3) is 11.8 Å². The van der Waals surface area contributed by atoms with E-state index in [1.165, 1.54) is 4.90 Å². The van der Waals surface area contributed by atoms with Crippen LogP contribution in [0.15, 0.2) is 42.5 Å². The summed E-state index contributed by atoms with van der Waals surface area (Å²) in [6.07, 6.45) is 1.78. The molecule has 0 unspecified atom stereocenters. The molecular weight excluding hydrogens is 264 g/mol. The highest BCUT2D eigenvalue weighted by Gasteiger charge is 2.37. The molecule has 4 nitrogen and oxygen atoms in total. The molecule has 1 aliphatic heterocycles. The van der Waals surface area contributed by atoms with E-state index in [2.05, 4.69) is 6.92 Å². The first kappa shape index (κ1) is 13.4. The number of carbonyl (C=O) groups is 2. The Morgan fingerprint density at radius 2 is 1.71 bits per heavy atom. The van der Waals surface area contributed by atoms with Crippen LogP contribution in [0.25, 0.3) is 0 Å². The number of amides is 2. The summed E-state index contributed by atoms with van der Waals surface area (Å²) in [7, 11) is 0. The number of nitrogens with two attached hydrogens (primary N) is 1. The number of aryl methyl sites for hydroxylation is 1. The number of nitrogens with zero attached hydrogens (tertiary/aromatic N) is 1. The topological polar surface area (TPSA) is 63.4 Å². The van der Waals surface area contributed by atoms with E-state index in [-0.39, 0.29) is 11.8 Å². The normalized spacial score (nSPS) is 13.7. The van der Waals surface area contributed by atoms with E-state index in [4.69, 9.17) is 5.73 Å². The van der Waals surface area contributed by atoms with Crippen molar-refractivity contribution in [2.75, 3.05) is 10.6 Å². The summed E-state index contributed by atoms with van der Waals surface area (Å²) in [5.41, 5.74) is 8.67. The lowest BCUT2D eigenvalue weighted by molar-refractivity contribution is 0.0926. The molecule has 0 spiro atoms. The van der Waals surface area contributed by atoms with Crippen LogP contribution in [0.3, 0.4) is 0 Å². The Bertz CT molecular complexity index is 737. The van der Waals surface area contributed by atoms with Crippen LogP contribution in [-0.4, -0.2) is 11.8 Å². The molecule has 0 aromatic heterocycles. The maximum absolute atomic E-state index is 12.6. The monoisotopic (exact) mass is 280 g/mol. The van der Waals surface area contributed by atoms with Crippen LogP contribution in [0.5, 0.6) is 0 Å². The van der Waals surface area contributed by atoms with Crippen LogP contribution < -0.4 is 10.6 Å². The van der Waals surface area contributed by atoms with Crippen molar-refractivity contribution in [3.8, 4) is 0 Å². The third-order valence-corrected chi connectivity index (χ3v) is 3.66. The second kappa shape index (κ2) is 5.05. The Hall–Kier alpha value is -2.62. The molecule has 3 rings (SSSR count). The van der Waals surface area contributed by atoms with Gasteiger partial charge < -0.3 is 5.73 Å². The zero-order valence-electron chi connectivity index (χ0n) is 11.8. The first-order chi connectivity index (χ1) is 10.1. The van der Waals surface area contributed by atoms with E-state index in [0.717, 1.165) is 18.4 Å². The van der Waals surface area contributed by atoms with Gasteiger partial charge in [-0.25, -0.2) is 4.90 Å². The van der Waals surface area contributed by atoms with Crippen molar-refractivity contribution >= 4 is 23.2 Å². The van der Waals surface area contributed by atoms with Crippen molar-refractivity contribution in [3.63, 3.8) is 0 Å². The Kier molecular flexibility index (Phi) is 3.22. The largest absolute Gasteiger partial charge is 0.399 e. The van der Waals surface area contributed by atoms with Crippen molar-refractivity contribution < 1.29 is 9.59 Å². The molecule has 2 N–H and O–H groups in total. The molecule has 2 aromatic carbocycles. The van der Waals surface area contributed by atoms with E-state index in [9.17, 15) is 9.59 Å². The van der Waals surface area contributed by atoms with E-state index in [1.54, 1.807) is 18.2 Å². The van der Waals surface area contributed by atoms with Gasteiger partial charge in [-0.3, -0.25) is 9.59 Å². The number of para-hydroxylation sites is 1. The van der Waals surface area contributed by atoms with Crippen molar-refractivity contribution in [3.05, 3.63) is 59.2 Å². The van der Waals surface area contributed by atoms with Gasteiger partial charge in [0.05, 0.1) is 16.8 Å². The number of fused-ring (bicyclic) bond motifs is 1. The lowest BCUT2D eigenvalue weighted by atomic mass is 10.1. The van der Waals surface area contributed by atoms with Crippen LogP contribution >= 0.6 is 0 Å². The molecule has 4 heteroatoms. The molecule has 0 atom stereocenters. The maximum atomic E-state index is 12.6. The van der Waals surface area contributed by atoms with Gasteiger partial charge in [0.2, 0.25) is 0 Å². The van der Waals surface area contributed by atoms with Crippen LogP contribution in [0, 0.1) is 0 Å². The molecule has 21 heavy (non-hydrogen) atoms. The average Bonchev–Trinajstić information content (AvgIpc) is 2.72. The highest BCUT2D eigenvalue weighted by Crippen LogP contribution is 2.32. The summed E-state index contributed by atoms with van der Waals surface area (Å²) in [6, 6.07) is 12.4. The summed E-state index contributed by atoms with van der Waals surface area (Å²) in [6.45, 7) is 2.07. The Labute approximate surface area is 123 Å². The summed E-state index contributed by atoms with van der Waals surface area (Å²) in [4.78, 5) is 26.4. The van der Waals surface area contributed by atoms with E-state index < -0.39 is 0 Å². The molecule has 2 aromatic rings. The summed E-state index contributed by atoms with van der Waals surface area (Å²) in [5, 5.41) is 0. The van der Waals surface area contributed by atoms with Gasteiger partial charge in [0, 0.05) is 5.69 Å². The Morgan fingerprint density at radius 1 is 1.00 bits per heavy atom. The SMILES string of the molecule is CCCc1ccccc1N1C(=O)c2ccc(N)cc2C1=O. The molecule has 0 bridgehead atoms. The zero-order chi connectivity index (χ0) is 15.0. The van der Waals surface area contributed by atoms with Crippen LogP contribution in [0.4, 0.5) is 11.4 Å². The summed E-state index contributed by atoms with van der Waals surface area (Å²) >= 11 is 0. The minimum Gasteiger partial charge on any atom is -0.399 e. The number of hydrogen-bond acceptors (Lipinski definition) is 3. The fourth-order valence-corrected chi connectivity index (χ4v) is 2.69. The van der Waals surface area contributed by atoms with Crippen LogP contribution in [0.2, 0.25) is 0 Å². The molecular formula is C17H16N2O2. The van der Waals surface area contributed by atoms with Crippen molar-refractivity contribution in [2.24, 2.45) is 0 Å². The predicted octanol–water partition coefficient (Wildman–Crippen LogP) is 3.02. The molecule has 0 saturated carbocycles. The van der Waals surface area contributed by atoms with Crippen molar-refractivity contribution in [1.29, 1.82) is 0 Å². The molecule has 0 saturated heterocycles. The number of rotatable bonds is 3. The van der Waals surface area contributed by atoms with Gasteiger partial charge in [-0.15, -0.1) is 0 Å². The molecule has 0 aliphatic carbocycles. The number of carbonyl (C=O) groups excluding carboxylic acids is 2. The van der Waals surface area contributed by atoms with Crippen LogP contribution in [-0.2, 0) is 6.42 Å². The van der Waals surface area contributed by atoms with E-state index in [1.807, 2.05) is 24.3 Å². The van der Waals surface area contributed by atoms with Gasteiger partial charge in [-0.1, -0.05) is 31.5 Å². The second-order valence-electron chi connectivity index (χ2n) is 5.13. The third-order valence-electron chi connectivity index (χ3n) is 3.66. The zero-order valence-corrected chi connectivity index (χ0v) is 11.8. The molecule has 1 heterocycles. The van der Waals surface area contributed by atoms with Gasteiger partial charge in [0.15, 0.2) is 0 Å². The molecule has 2 amide bonds. The second-order valence-corrected chi connectivity index (χ2v) is 5.13. The summed E-state index contributed by atoms with van der Waals surface area (Å²) in [5.74, 6) is -0.579. The first-order valence-corrected chi connectivity index (χ1v) is 6.99. The Balaban J connectivity index is 2.10. The number of hydrogen-bond donors (Lipinski definition) is 1.